The van der Waals surface area contributed by atoms with Crippen LogP contribution in [0.4, 0.5) is 0 Å². The van der Waals surface area contributed by atoms with Crippen LogP contribution in [0.5, 0.6) is 0 Å². The standard InChI is InChI=1S/C15H13ClN4/c1-11-7-14(16)19-15(18-11)10-20-9-13(8-17-20)12-5-3-2-4-6-12/h2-9H,10H2,1H3. The number of hydrogen-bond donors (Lipinski definition) is 0. The van der Waals surface area contributed by atoms with Crippen LogP contribution in [0.2, 0.25) is 5.15 Å². The maximum atomic E-state index is 5.94. The highest BCUT2D eigenvalue weighted by molar-refractivity contribution is 6.29. The molecule has 1 aromatic carbocycles. The zero-order valence-corrected chi connectivity index (χ0v) is 11.7. The minimum Gasteiger partial charge on any atom is -0.264 e. The summed E-state index contributed by atoms with van der Waals surface area (Å²) in [5.74, 6) is 0.665. The molecule has 0 fully saturated rings. The van der Waals surface area contributed by atoms with E-state index in [1.165, 1.54) is 0 Å². The highest BCUT2D eigenvalue weighted by atomic mass is 35.5. The number of aryl methyl sites for hydroxylation is 1. The molecule has 0 aliphatic rings. The van der Waals surface area contributed by atoms with E-state index in [0.29, 0.717) is 17.5 Å². The fraction of sp³-hybridized carbons (Fsp3) is 0.133. The second kappa shape index (κ2) is 5.43. The molecule has 0 atom stereocenters. The number of hydrogen-bond acceptors (Lipinski definition) is 3. The van der Waals surface area contributed by atoms with Gasteiger partial charge in [0.1, 0.15) is 11.7 Å². The van der Waals surface area contributed by atoms with Gasteiger partial charge in [0.2, 0.25) is 0 Å². The fourth-order valence-electron chi connectivity index (χ4n) is 2.03. The van der Waals surface area contributed by atoms with Crippen LogP contribution in [0, 0.1) is 6.92 Å². The second-order valence-corrected chi connectivity index (χ2v) is 4.93. The predicted molar refractivity (Wildman–Crippen MR) is 78.5 cm³/mol. The summed E-state index contributed by atoms with van der Waals surface area (Å²) < 4.78 is 1.81. The maximum Gasteiger partial charge on any atom is 0.151 e. The van der Waals surface area contributed by atoms with E-state index < -0.39 is 0 Å². The Morgan fingerprint density at radius 2 is 1.90 bits per heavy atom. The maximum absolute atomic E-state index is 5.94. The van der Waals surface area contributed by atoms with Crippen LogP contribution in [0.3, 0.4) is 0 Å². The lowest BCUT2D eigenvalue weighted by atomic mass is 10.1. The van der Waals surface area contributed by atoms with E-state index in [0.717, 1.165) is 16.8 Å². The first-order chi connectivity index (χ1) is 9.70. The molecule has 0 saturated heterocycles. The zero-order valence-electron chi connectivity index (χ0n) is 11.0. The molecule has 0 radical (unpaired) electrons. The first-order valence-corrected chi connectivity index (χ1v) is 6.66. The molecular weight excluding hydrogens is 272 g/mol. The van der Waals surface area contributed by atoms with Crippen LogP contribution in [0.1, 0.15) is 11.5 Å². The molecule has 100 valence electrons. The van der Waals surface area contributed by atoms with Gasteiger partial charge in [-0.3, -0.25) is 4.68 Å². The predicted octanol–water partition coefficient (Wildman–Crippen LogP) is 3.35. The Labute approximate surface area is 122 Å². The number of benzene rings is 1. The van der Waals surface area contributed by atoms with Crippen molar-refractivity contribution in [2.75, 3.05) is 0 Å². The van der Waals surface area contributed by atoms with Crippen LogP contribution < -0.4 is 0 Å². The topological polar surface area (TPSA) is 43.6 Å². The largest absolute Gasteiger partial charge is 0.264 e. The Morgan fingerprint density at radius 3 is 2.65 bits per heavy atom. The lowest BCUT2D eigenvalue weighted by Crippen LogP contribution is -2.05. The third-order valence-electron chi connectivity index (χ3n) is 2.91. The zero-order chi connectivity index (χ0) is 13.9. The summed E-state index contributed by atoms with van der Waals surface area (Å²) in [6.07, 6.45) is 3.82. The molecule has 3 rings (SSSR count). The van der Waals surface area contributed by atoms with E-state index in [2.05, 4.69) is 27.2 Å². The minimum atomic E-state index is 0.461. The quantitative estimate of drug-likeness (QED) is 0.693. The molecule has 2 aromatic heterocycles. The first kappa shape index (κ1) is 12.8. The molecule has 0 spiro atoms. The highest BCUT2D eigenvalue weighted by Crippen LogP contribution is 2.18. The summed E-state index contributed by atoms with van der Waals surface area (Å²) in [4.78, 5) is 8.56. The fourth-order valence-corrected chi connectivity index (χ4v) is 2.29. The Bertz CT molecular complexity index is 701. The molecule has 0 unspecified atom stereocenters. The molecule has 5 heteroatoms. The molecule has 3 aromatic rings. The van der Waals surface area contributed by atoms with E-state index in [-0.39, 0.29) is 0 Å². The summed E-state index contributed by atoms with van der Waals surface area (Å²) in [7, 11) is 0. The minimum absolute atomic E-state index is 0.461. The molecule has 4 nitrogen and oxygen atoms in total. The summed E-state index contributed by atoms with van der Waals surface area (Å²) in [5.41, 5.74) is 3.07. The average Bonchev–Trinajstić information content (AvgIpc) is 2.87. The third-order valence-corrected chi connectivity index (χ3v) is 3.11. The highest BCUT2D eigenvalue weighted by Gasteiger charge is 2.05. The van der Waals surface area contributed by atoms with E-state index >= 15 is 0 Å². The summed E-state index contributed by atoms with van der Waals surface area (Å²) in [6, 6.07) is 11.9. The van der Waals surface area contributed by atoms with Crippen LogP contribution >= 0.6 is 11.6 Å². The number of rotatable bonds is 3. The molecular formula is C15H13ClN4. The van der Waals surface area contributed by atoms with Gasteiger partial charge in [-0.15, -0.1) is 0 Å². The Morgan fingerprint density at radius 1 is 1.10 bits per heavy atom. The number of halogens is 1. The van der Waals surface area contributed by atoms with Crippen molar-refractivity contribution in [2.45, 2.75) is 13.5 Å². The SMILES string of the molecule is Cc1cc(Cl)nc(Cn2cc(-c3ccccc3)cn2)n1. The van der Waals surface area contributed by atoms with Gasteiger partial charge in [-0.05, 0) is 18.6 Å². The van der Waals surface area contributed by atoms with Gasteiger partial charge in [-0.1, -0.05) is 41.9 Å². The van der Waals surface area contributed by atoms with Gasteiger partial charge < -0.3 is 0 Å². The van der Waals surface area contributed by atoms with E-state index in [1.807, 2.05) is 42.2 Å². The lowest BCUT2D eigenvalue weighted by molar-refractivity contribution is 0.653. The molecule has 0 aliphatic heterocycles. The summed E-state index contributed by atoms with van der Waals surface area (Å²) in [5, 5.41) is 4.80. The molecule has 0 saturated carbocycles. The second-order valence-electron chi connectivity index (χ2n) is 4.54. The van der Waals surface area contributed by atoms with Crippen molar-refractivity contribution in [1.29, 1.82) is 0 Å². The van der Waals surface area contributed by atoms with Gasteiger partial charge in [0.15, 0.2) is 5.82 Å². The number of aromatic nitrogens is 4. The van der Waals surface area contributed by atoms with E-state index in [1.54, 1.807) is 6.07 Å². The smallest absolute Gasteiger partial charge is 0.151 e. The Balaban J connectivity index is 1.84. The van der Waals surface area contributed by atoms with Gasteiger partial charge in [0.25, 0.3) is 0 Å². The van der Waals surface area contributed by atoms with Crippen LogP contribution in [-0.2, 0) is 6.54 Å². The first-order valence-electron chi connectivity index (χ1n) is 6.28. The monoisotopic (exact) mass is 284 g/mol. The van der Waals surface area contributed by atoms with Crippen molar-refractivity contribution in [2.24, 2.45) is 0 Å². The normalized spacial score (nSPS) is 10.7. The van der Waals surface area contributed by atoms with Gasteiger partial charge >= 0.3 is 0 Å². The van der Waals surface area contributed by atoms with Gasteiger partial charge in [0.05, 0.1) is 6.20 Å². The molecule has 0 N–H and O–H groups in total. The summed E-state index contributed by atoms with van der Waals surface area (Å²) in [6.45, 7) is 2.41. The van der Waals surface area contributed by atoms with Crippen LogP contribution in [-0.4, -0.2) is 19.7 Å². The van der Waals surface area contributed by atoms with Crippen molar-refractivity contribution in [3.63, 3.8) is 0 Å². The lowest BCUT2D eigenvalue weighted by Gasteiger charge is -2.02. The Kier molecular flexibility index (Phi) is 3.48. The van der Waals surface area contributed by atoms with Crippen molar-refractivity contribution < 1.29 is 0 Å². The van der Waals surface area contributed by atoms with Gasteiger partial charge in [-0.2, -0.15) is 5.10 Å². The van der Waals surface area contributed by atoms with Crippen molar-refractivity contribution in [3.8, 4) is 11.1 Å². The van der Waals surface area contributed by atoms with Crippen molar-refractivity contribution in [3.05, 3.63) is 65.5 Å². The van der Waals surface area contributed by atoms with Gasteiger partial charge in [-0.25, -0.2) is 9.97 Å². The van der Waals surface area contributed by atoms with Crippen LogP contribution in [0.25, 0.3) is 11.1 Å². The molecule has 2 heterocycles. The van der Waals surface area contributed by atoms with Crippen molar-refractivity contribution in [1.82, 2.24) is 19.7 Å². The van der Waals surface area contributed by atoms with Crippen molar-refractivity contribution >= 4 is 11.6 Å². The van der Waals surface area contributed by atoms with Crippen LogP contribution in [0.15, 0.2) is 48.8 Å². The summed E-state index contributed by atoms with van der Waals surface area (Å²) >= 11 is 5.94. The van der Waals surface area contributed by atoms with E-state index in [4.69, 9.17) is 11.6 Å². The third kappa shape index (κ3) is 2.86. The number of nitrogens with zero attached hydrogens (tertiary/aromatic N) is 4. The average molecular weight is 285 g/mol. The Hall–Kier alpha value is -2.20. The molecule has 0 bridgehead atoms. The van der Waals surface area contributed by atoms with Gasteiger partial charge in [0, 0.05) is 17.5 Å². The molecule has 20 heavy (non-hydrogen) atoms. The molecule has 0 amide bonds. The molecule has 0 aliphatic carbocycles. The van der Waals surface area contributed by atoms with E-state index in [9.17, 15) is 0 Å².